The van der Waals surface area contributed by atoms with Crippen molar-refractivity contribution in [2.75, 3.05) is 0 Å². The first-order valence-electron chi connectivity index (χ1n) is 3.48. The van der Waals surface area contributed by atoms with Gasteiger partial charge in [0.05, 0.1) is 4.91 Å². The van der Waals surface area contributed by atoms with E-state index in [0.29, 0.717) is 12.3 Å². The molecule has 0 aliphatic rings. The second-order valence-electron chi connectivity index (χ2n) is 2.92. The van der Waals surface area contributed by atoms with Gasteiger partial charge < -0.3 is 0 Å². The molecule has 0 fully saturated rings. The Morgan fingerprint density at radius 1 is 1.55 bits per heavy atom. The quantitative estimate of drug-likeness (QED) is 0.671. The fraction of sp³-hybridized carbons (Fsp3) is 0.714. The molecule has 0 saturated carbocycles. The minimum absolute atomic E-state index is 0.0335. The number of hydrogen-bond acceptors (Lipinski definition) is 2. The molecule has 0 amide bonds. The van der Waals surface area contributed by atoms with Gasteiger partial charge in [-0.1, -0.05) is 19.9 Å². The molecule has 0 aliphatic carbocycles. The molecule has 0 spiro atoms. The van der Waals surface area contributed by atoms with Crippen LogP contribution >= 0.6 is 0 Å². The zero-order valence-corrected chi connectivity index (χ0v) is 7.85. The standard InChI is InChI=1S/C7H14O3S/c1-6(2)4-5-7(3)11(8,9)10/h5-6H,4H2,1-3H3,(H,8,9,10)/b7-5-. The van der Waals surface area contributed by atoms with Crippen LogP contribution in [0.4, 0.5) is 0 Å². The van der Waals surface area contributed by atoms with Crippen LogP contribution in [0.1, 0.15) is 27.2 Å². The summed E-state index contributed by atoms with van der Waals surface area (Å²) in [6.07, 6.45) is 2.20. The van der Waals surface area contributed by atoms with Crippen molar-refractivity contribution >= 4 is 10.1 Å². The SMILES string of the molecule is C/C(=C/CC(C)C)S(=O)(=O)O. The Kier molecular flexibility index (Phi) is 3.75. The minimum atomic E-state index is -3.94. The Labute approximate surface area is 67.9 Å². The highest BCUT2D eigenvalue weighted by Crippen LogP contribution is 2.07. The molecule has 0 rings (SSSR count). The molecule has 1 N–H and O–H groups in total. The molecular weight excluding hydrogens is 164 g/mol. The maximum Gasteiger partial charge on any atom is 0.290 e. The Hall–Kier alpha value is -0.350. The highest BCUT2D eigenvalue weighted by atomic mass is 32.2. The van der Waals surface area contributed by atoms with Crippen LogP contribution in [0.25, 0.3) is 0 Å². The normalized spacial score (nSPS) is 14.1. The maximum absolute atomic E-state index is 10.4. The third-order valence-electron chi connectivity index (χ3n) is 1.28. The molecule has 4 heteroatoms. The van der Waals surface area contributed by atoms with Crippen LogP contribution in [0.3, 0.4) is 0 Å². The summed E-state index contributed by atoms with van der Waals surface area (Å²) < 4.78 is 29.4. The zero-order valence-electron chi connectivity index (χ0n) is 7.03. The van der Waals surface area contributed by atoms with Gasteiger partial charge in [-0.15, -0.1) is 0 Å². The van der Waals surface area contributed by atoms with Gasteiger partial charge in [0.1, 0.15) is 0 Å². The van der Waals surface area contributed by atoms with E-state index in [-0.39, 0.29) is 4.91 Å². The summed E-state index contributed by atoms with van der Waals surface area (Å²) in [5.74, 6) is 0.409. The topological polar surface area (TPSA) is 54.4 Å². The lowest BCUT2D eigenvalue weighted by molar-refractivity contribution is 0.490. The van der Waals surface area contributed by atoms with E-state index < -0.39 is 10.1 Å². The zero-order chi connectivity index (χ0) is 9.07. The highest BCUT2D eigenvalue weighted by molar-refractivity contribution is 7.89. The molecule has 0 saturated heterocycles. The lowest BCUT2D eigenvalue weighted by Gasteiger charge is -1.99. The van der Waals surface area contributed by atoms with Crippen molar-refractivity contribution in [2.24, 2.45) is 5.92 Å². The van der Waals surface area contributed by atoms with Crippen molar-refractivity contribution in [3.8, 4) is 0 Å². The summed E-state index contributed by atoms with van der Waals surface area (Å²) in [6, 6.07) is 0. The molecule has 3 nitrogen and oxygen atoms in total. The highest BCUT2D eigenvalue weighted by Gasteiger charge is 2.06. The van der Waals surface area contributed by atoms with E-state index in [1.807, 2.05) is 13.8 Å². The van der Waals surface area contributed by atoms with Gasteiger partial charge in [-0.3, -0.25) is 4.55 Å². The van der Waals surface area contributed by atoms with E-state index in [2.05, 4.69) is 0 Å². The van der Waals surface area contributed by atoms with Gasteiger partial charge in [-0.05, 0) is 19.3 Å². The fourth-order valence-electron chi connectivity index (χ4n) is 0.507. The first-order chi connectivity index (χ1) is 4.84. The monoisotopic (exact) mass is 178 g/mol. The predicted molar refractivity (Wildman–Crippen MR) is 44.8 cm³/mol. The Morgan fingerprint density at radius 2 is 2.00 bits per heavy atom. The summed E-state index contributed by atoms with van der Waals surface area (Å²) >= 11 is 0. The average Bonchev–Trinajstić information content (AvgIpc) is 1.80. The molecule has 11 heavy (non-hydrogen) atoms. The Bertz CT molecular complexity index is 236. The maximum atomic E-state index is 10.4. The number of rotatable bonds is 3. The van der Waals surface area contributed by atoms with Crippen LogP contribution < -0.4 is 0 Å². The third kappa shape index (κ3) is 4.98. The molecule has 0 bridgehead atoms. The largest absolute Gasteiger partial charge is 0.290 e. The van der Waals surface area contributed by atoms with E-state index in [4.69, 9.17) is 4.55 Å². The molecule has 0 unspecified atom stereocenters. The van der Waals surface area contributed by atoms with Crippen molar-refractivity contribution in [1.82, 2.24) is 0 Å². The lowest BCUT2D eigenvalue weighted by Crippen LogP contribution is -1.98. The Morgan fingerprint density at radius 3 is 2.27 bits per heavy atom. The molecule has 0 radical (unpaired) electrons. The first-order valence-corrected chi connectivity index (χ1v) is 4.92. The summed E-state index contributed by atoms with van der Waals surface area (Å²) in [7, 11) is -3.94. The molecule has 0 heterocycles. The van der Waals surface area contributed by atoms with E-state index in [1.54, 1.807) is 0 Å². The van der Waals surface area contributed by atoms with E-state index in [9.17, 15) is 8.42 Å². The third-order valence-corrected chi connectivity index (χ3v) is 2.26. The molecule has 66 valence electrons. The second kappa shape index (κ2) is 3.88. The summed E-state index contributed by atoms with van der Waals surface area (Å²) in [5, 5.41) is 0. The van der Waals surface area contributed by atoms with Crippen LogP contribution in [-0.4, -0.2) is 13.0 Å². The average molecular weight is 178 g/mol. The van der Waals surface area contributed by atoms with Crippen molar-refractivity contribution in [3.05, 3.63) is 11.0 Å². The summed E-state index contributed by atoms with van der Waals surface area (Å²) in [4.78, 5) is 0.0335. The number of allylic oxidation sites excluding steroid dienone is 2. The van der Waals surface area contributed by atoms with Gasteiger partial charge in [0, 0.05) is 0 Å². The smallest absolute Gasteiger partial charge is 0.282 e. The molecule has 0 atom stereocenters. The fourth-order valence-corrected chi connectivity index (χ4v) is 0.814. The van der Waals surface area contributed by atoms with Crippen LogP contribution in [0.15, 0.2) is 11.0 Å². The summed E-state index contributed by atoms with van der Waals surface area (Å²) in [5.41, 5.74) is 0. The van der Waals surface area contributed by atoms with Crippen LogP contribution in [-0.2, 0) is 10.1 Å². The van der Waals surface area contributed by atoms with Gasteiger partial charge in [0.2, 0.25) is 0 Å². The minimum Gasteiger partial charge on any atom is -0.282 e. The van der Waals surface area contributed by atoms with E-state index in [0.717, 1.165) is 0 Å². The van der Waals surface area contributed by atoms with Crippen LogP contribution in [0, 0.1) is 5.92 Å². The van der Waals surface area contributed by atoms with Crippen molar-refractivity contribution < 1.29 is 13.0 Å². The van der Waals surface area contributed by atoms with Crippen LogP contribution in [0.5, 0.6) is 0 Å². The molecular formula is C7H14O3S. The predicted octanol–water partition coefficient (Wildman–Crippen LogP) is 1.82. The van der Waals surface area contributed by atoms with Crippen molar-refractivity contribution in [2.45, 2.75) is 27.2 Å². The summed E-state index contributed by atoms with van der Waals surface area (Å²) in [6.45, 7) is 5.35. The molecule has 0 aliphatic heterocycles. The van der Waals surface area contributed by atoms with E-state index >= 15 is 0 Å². The van der Waals surface area contributed by atoms with Gasteiger partial charge in [0.15, 0.2) is 0 Å². The van der Waals surface area contributed by atoms with Crippen LogP contribution in [0.2, 0.25) is 0 Å². The first kappa shape index (κ1) is 10.7. The van der Waals surface area contributed by atoms with Gasteiger partial charge in [-0.2, -0.15) is 8.42 Å². The molecule has 0 aromatic heterocycles. The number of hydrogen-bond donors (Lipinski definition) is 1. The molecule has 0 aromatic carbocycles. The Balaban J connectivity index is 4.26. The van der Waals surface area contributed by atoms with Gasteiger partial charge in [0.25, 0.3) is 10.1 Å². The lowest BCUT2D eigenvalue weighted by atomic mass is 10.1. The van der Waals surface area contributed by atoms with Gasteiger partial charge in [-0.25, -0.2) is 0 Å². The van der Waals surface area contributed by atoms with Crippen molar-refractivity contribution in [3.63, 3.8) is 0 Å². The van der Waals surface area contributed by atoms with Crippen molar-refractivity contribution in [1.29, 1.82) is 0 Å². The second-order valence-corrected chi connectivity index (χ2v) is 4.51. The van der Waals surface area contributed by atoms with Gasteiger partial charge >= 0.3 is 0 Å². The molecule has 0 aromatic rings. The van der Waals surface area contributed by atoms with E-state index in [1.165, 1.54) is 13.0 Å².